The summed E-state index contributed by atoms with van der Waals surface area (Å²) in [7, 11) is 1.79. The first kappa shape index (κ1) is 24.6. The highest BCUT2D eigenvalue weighted by atomic mass is 127. The molecule has 2 aromatic rings. The number of likely N-dealkylation sites (tertiary alicyclic amines) is 1. The highest BCUT2D eigenvalue weighted by Crippen LogP contribution is 2.27. The lowest BCUT2D eigenvalue weighted by Crippen LogP contribution is -2.42. The molecule has 0 saturated carbocycles. The number of carbonyl (C=O) groups excluding carboxylic acids is 1. The number of nitrogens with one attached hydrogen (secondary N) is 3. The van der Waals surface area contributed by atoms with Gasteiger partial charge in [-0.2, -0.15) is 0 Å². The number of thiophene rings is 1. The summed E-state index contributed by atoms with van der Waals surface area (Å²) in [6, 6.07) is 12.4. The largest absolute Gasteiger partial charge is 0.354 e. The summed E-state index contributed by atoms with van der Waals surface area (Å²) in [5, 5.41) is 11.8. The molecular weight excluding hydrogens is 509 g/mol. The average Bonchev–Trinajstić information content (AvgIpc) is 3.46. The Morgan fingerprint density at radius 2 is 1.97 bits per heavy atom. The Balaban J connectivity index is 0.00000320. The molecule has 1 aromatic heterocycles. The van der Waals surface area contributed by atoms with Crippen LogP contribution in [0, 0.1) is 0 Å². The Bertz CT molecular complexity index is 806. The van der Waals surface area contributed by atoms with E-state index in [1.165, 1.54) is 17.7 Å². The minimum Gasteiger partial charge on any atom is -0.354 e. The molecule has 6 nitrogen and oxygen atoms in total. The molecule has 3 N–H and O–H groups in total. The van der Waals surface area contributed by atoms with E-state index in [1.54, 1.807) is 7.05 Å². The van der Waals surface area contributed by atoms with E-state index in [0.717, 1.165) is 31.2 Å². The number of nitrogens with zero attached hydrogens (tertiary/aromatic N) is 2. The van der Waals surface area contributed by atoms with Gasteiger partial charge in [0.15, 0.2) is 5.96 Å². The Kier molecular flexibility index (Phi) is 10.6. The molecule has 1 aromatic carbocycles. The minimum atomic E-state index is -0.0405. The van der Waals surface area contributed by atoms with Crippen LogP contribution >= 0.6 is 35.3 Å². The summed E-state index contributed by atoms with van der Waals surface area (Å²) >= 11 is 1.82. The van der Waals surface area contributed by atoms with Crippen LogP contribution in [0.15, 0.2) is 46.8 Å². The van der Waals surface area contributed by atoms with Crippen molar-refractivity contribution in [2.45, 2.75) is 32.4 Å². The predicted molar refractivity (Wildman–Crippen MR) is 136 cm³/mol. The van der Waals surface area contributed by atoms with Crippen molar-refractivity contribution >= 4 is 47.2 Å². The molecular formula is C22H32IN5OS. The molecule has 1 fully saturated rings. The molecule has 0 radical (unpaired) electrons. The van der Waals surface area contributed by atoms with Crippen LogP contribution in [0.25, 0.3) is 0 Å². The number of rotatable bonds is 8. The summed E-state index contributed by atoms with van der Waals surface area (Å²) < 4.78 is 0. The van der Waals surface area contributed by atoms with Gasteiger partial charge in [-0.3, -0.25) is 14.7 Å². The van der Waals surface area contributed by atoms with Gasteiger partial charge in [0, 0.05) is 37.1 Å². The average molecular weight is 542 g/mol. The maximum Gasteiger partial charge on any atom is 0.251 e. The van der Waals surface area contributed by atoms with Crippen LogP contribution in [0.5, 0.6) is 0 Å². The second-order valence-electron chi connectivity index (χ2n) is 7.14. The number of guanidine groups is 1. The Morgan fingerprint density at radius 3 is 2.63 bits per heavy atom. The summed E-state index contributed by atoms with van der Waals surface area (Å²) in [6.07, 6.45) is 2.55. The van der Waals surface area contributed by atoms with Gasteiger partial charge >= 0.3 is 0 Å². The van der Waals surface area contributed by atoms with E-state index < -0.39 is 0 Å². The van der Waals surface area contributed by atoms with E-state index in [2.05, 4.69) is 43.4 Å². The van der Waals surface area contributed by atoms with Crippen molar-refractivity contribution in [3.05, 3.63) is 57.8 Å². The molecule has 30 heavy (non-hydrogen) atoms. The number of carbonyl (C=O) groups is 1. The molecule has 2 heterocycles. The number of hydrogen-bond donors (Lipinski definition) is 3. The van der Waals surface area contributed by atoms with Gasteiger partial charge in [-0.05, 0) is 62.0 Å². The molecule has 1 aliphatic rings. The van der Waals surface area contributed by atoms with Crippen molar-refractivity contribution in [3.63, 3.8) is 0 Å². The fraction of sp³-hybridized carbons (Fsp3) is 0.455. The lowest BCUT2D eigenvalue weighted by atomic mass is 10.1. The van der Waals surface area contributed by atoms with E-state index in [1.807, 2.05) is 42.5 Å². The topological polar surface area (TPSA) is 68.8 Å². The monoisotopic (exact) mass is 541 g/mol. The number of benzene rings is 1. The van der Waals surface area contributed by atoms with Gasteiger partial charge in [0.25, 0.3) is 5.91 Å². The van der Waals surface area contributed by atoms with Gasteiger partial charge in [0.2, 0.25) is 0 Å². The molecule has 1 amide bonds. The van der Waals surface area contributed by atoms with E-state index in [4.69, 9.17) is 0 Å². The second kappa shape index (κ2) is 12.9. The third-order valence-electron chi connectivity index (χ3n) is 5.13. The van der Waals surface area contributed by atoms with Crippen molar-refractivity contribution < 1.29 is 4.79 Å². The highest BCUT2D eigenvalue weighted by Gasteiger charge is 2.24. The zero-order valence-corrected chi connectivity index (χ0v) is 20.8. The van der Waals surface area contributed by atoms with Gasteiger partial charge in [-0.15, -0.1) is 35.3 Å². The summed E-state index contributed by atoms with van der Waals surface area (Å²) in [5.74, 6) is 0.732. The Hall–Kier alpha value is -1.65. The van der Waals surface area contributed by atoms with Crippen LogP contribution < -0.4 is 16.0 Å². The van der Waals surface area contributed by atoms with Crippen LogP contribution in [0.1, 0.15) is 46.6 Å². The third kappa shape index (κ3) is 6.95. The van der Waals surface area contributed by atoms with Crippen LogP contribution in [0.3, 0.4) is 0 Å². The van der Waals surface area contributed by atoms with Gasteiger partial charge in [-0.25, -0.2) is 0 Å². The lowest BCUT2D eigenvalue weighted by Gasteiger charge is -2.27. The fourth-order valence-corrected chi connectivity index (χ4v) is 4.49. The van der Waals surface area contributed by atoms with Gasteiger partial charge in [0.05, 0.1) is 6.04 Å². The van der Waals surface area contributed by atoms with Crippen molar-refractivity contribution in [1.29, 1.82) is 0 Å². The fourth-order valence-electron chi connectivity index (χ4n) is 3.63. The molecule has 1 aliphatic heterocycles. The first-order chi connectivity index (χ1) is 14.2. The summed E-state index contributed by atoms with van der Waals surface area (Å²) in [6.45, 7) is 6.29. The molecule has 8 heteroatoms. The SMILES string of the molecule is CCNC(=O)c1cccc(CNC(=NC)NCC(c2cccs2)N2CCCC2)c1.I. The van der Waals surface area contributed by atoms with Crippen molar-refractivity contribution in [2.24, 2.45) is 4.99 Å². The molecule has 1 unspecified atom stereocenters. The number of amides is 1. The number of hydrogen-bond acceptors (Lipinski definition) is 4. The first-order valence-electron chi connectivity index (χ1n) is 10.3. The summed E-state index contributed by atoms with van der Waals surface area (Å²) in [5.41, 5.74) is 1.73. The molecule has 0 aliphatic carbocycles. The van der Waals surface area contributed by atoms with Crippen LogP contribution in [0.2, 0.25) is 0 Å². The quantitative estimate of drug-likeness (QED) is 0.272. The van der Waals surface area contributed by atoms with Crippen molar-refractivity contribution in [1.82, 2.24) is 20.9 Å². The molecule has 1 atom stereocenters. The van der Waals surface area contributed by atoms with E-state index in [0.29, 0.717) is 24.7 Å². The van der Waals surface area contributed by atoms with Crippen molar-refractivity contribution in [3.8, 4) is 0 Å². The third-order valence-corrected chi connectivity index (χ3v) is 6.10. The molecule has 3 rings (SSSR count). The maximum atomic E-state index is 12.0. The normalized spacial score (nSPS) is 15.3. The standard InChI is InChI=1S/C22H31N5OS.HI/c1-3-24-21(28)18-9-6-8-17(14-18)15-25-22(23-2)26-16-19(20-10-7-13-29-20)27-11-4-5-12-27;/h6-10,13-14,19H,3-5,11-12,15-16H2,1-2H3,(H,24,28)(H2,23,25,26);1H. The van der Waals surface area contributed by atoms with E-state index >= 15 is 0 Å². The molecule has 164 valence electrons. The number of aliphatic imine (C=N–C) groups is 1. The maximum absolute atomic E-state index is 12.0. The van der Waals surface area contributed by atoms with Gasteiger partial charge < -0.3 is 16.0 Å². The Morgan fingerprint density at radius 1 is 1.17 bits per heavy atom. The zero-order valence-electron chi connectivity index (χ0n) is 17.7. The van der Waals surface area contributed by atoms with Crippen LogP contribution in [0.4, 0.5) is 0 Å². The smallest absolute Gasteiger partial charge is 0.251 e. The van der Waals surface area contributed by atoms with Crippen molar-refractivity contribution in [2.75, 3.05) is 33.2 Å². The molecule has 0 spiro atoms. The summed E-state index contributed by atoms with van der Waals surface area (Å²) in [4.78, 5) is 20.4. The first-order valence-corrected chi connectivity index (χ1v) is 11.2. The van der Waals surface area contributed by atoms with Crippen LogP contribution in [-0.4, -0.2) is 50.0 Å². The molecule has 0 bridgehead atoms. The highest BCUT2D eigenvalue weighted by molar-refractivity contribution is 14.0. The second-order valence-corrected chi connectivity index (χ2v) is 8.12. The van der Waals surface area contributed by atoms with Gasteiger partial charge in [0.1, 0.15) is 0 Å². The molecule has 1 saturated heterocycles. The van der Waals surface area contributed by atoms with Gasteiger partial charge in [-0.1, -0.05) is 18.2 Å². The predicted octanol–water partition coefficient (Wildman–Crippen LogP) is 3.62. The van der Waals surface area contributed by atoms with E-state index in [-0.39, 0.29) is 29.9 Å². The number of halogens is 1. The van der Waals surface area contributed by atoms with Crippen LogP contribution in [-0.2, 0) is 6.54 Å². The zero-order chi connectivity index (χ0) is 20.5. The van der Waals surface area contributed by atoms with E-state index in [9.17, 15) is 4.79 Å². The minimum absolute atomic E-state index is 0. The lowest BCUT2D eigenvalue weighted by molar-refractivity contribution is 0.0955. The Labute approximate surface area is 200 Å².